The number of aromatic hydroxyl groups is 6. The van der Waals surface area contributed by atoms with Gasteiger partial charge < -0.3 is 40.6 Å². The van der Waals surface area contributed by atoms with E-state index in [0.29, 0.717) is 83.9 Å². The monoisotopic (exact) mass is 767 g/mol. The summed E-state index contributed by atoms with van der Waals surface area (Å²) in [5, 5.41) is 67.4. The highest BCUT2D eigenvalue weighted by molar-refractivity contribution is 7.78. The number of aliphatic imine (C=N–C) groups is 1. The van der Waals surface area contributed by atoms with Crippen molar-refractivity contribution in [1.29, 1.82) is 0 Å². The molecule has 0 spiro atoms. The molecule has 0 radical (unpaired) electrons. The van der Waals surface area contributed by atoms with Crippen LogP contribution in [0.5, 0.6) is 34.5 Å². The second-order valence-corrected chi connectivity index (χ2v) is 13.6. The fourth-order valence-electron chi connectivity index (χ4n) is 7.40. The predicted octanol–water partition coefficient (Wildman–Crippen LogP) is 10.3. The topological polar surface area (TPSA) is 191 Å². The average molecular weight is 768 g/mol. The summed E-state index contributed by atoms with van der Waals surface area (Å²) in [6, 6.07) is 27.9. The van der Waals surface area contributed by atoms with Gasteiger partial charge in [-0.3, -0.25) is 0 Å². The first kappa shape index (κ1) is 34.8. The molecule has 0 saturated carbocycles. The summed E-state index contributed by atoms with van der Waals surface area (Å²) in [6.07, 6.45) is 7.25. The first-order valence-electron chi connectivity index (χ1n) is 17.6. The van der Waals surface area contributed by atoms with E-state index < -0.39 is 0 Å². The second kappa shape index (κ2) is 13.7. The summed E-state index contributed by atoms with van der Waals surface area (Å²) in [7, 11) is 0. The number of phenolic OH excluding ortho intramolecular Hbond substituents is 6. The number of thiocarbonyl (C=S) groups is 1. The van der Waals surface area contributed by atoms with Crippen molar-refractivity contribution in [1.82, 2.24) is 19.9 Å². The van der Waals surface area contributed by atoms with Gasteiger partial charge in [0, 0.05) is 56.5 Å². The number of benzene rings is 4. The van der Waals surface area contributed by atoms with Crippen molar-refractivity contribution >= 4 is 69.4 Å². The number of hydrogen-bond acceptors (Lipinski definition) is 10. The number of aromatic amines is 2. The SMILES string of the molecule is Oc1cc(O)cc(-c2c3nc(c(-c4cc(O)cc(O)c4)c4ccc([nH]4)c(-c4c(O)cccc4O)c4nc(c(-c5ccc(N=C=S)cc5)c5ccc2[nH]5)C=C4)C=C3)c1. The Morgan fingerprint density at radius 2 is 0.825 bits per heavy atom. The van der Waals surface area contributed by atoms with Crippen LogP contribution in [-0.4, -0.2) is 55.7 Å². The molecule has 11 nitrogen and oxygen atoms in total. The van der Waals surface area contributed by atoms with Gasteiger partial charge in [0.25, 0.3) is 0 Å². The summed E-state index contributed by atoms with van der Waals surface area (Å²) in [6.45, 7) is 0. The summed E-state index contributed by atoms with van der Waals surface area (Å²) >= 11 is 4.82. The smallest absolute Gasteiger partial charge is 0.127 e. The number of isothiocyanates is 1. The number of phenols is 6. The van der Waals surface area contributed by atoms with E-state index in [1.807, 2.05) is 42.5 Å². The van der Waals surface area contributed by atoms with Gasteiger partial charge in [0.2, 0.25) is 0 Å². The maximum absolute atomic E-state index is 11.2. The van der Waals surface area contributed by atoms with Crippen molar-refractivity contribution in [3.8, 4) is 79.0 Å². The normalized spacial score (nSPS) is 11.8. The summed E-state index contributed by atoms with van der Waals surface area (Å²) in [5.41, 5.74) is 8.85. The van der Waals surface area contributed by atoms with Crippen molar-refractivity contribution in [2.24, 2.45) is 4.99 Å². The Labute approximate surface area is 328 Å². The molecule has 2 aliphatic rings. The number of H-pyrrole nitrogens is 2. The van der Waals surface area contributed by atoms with Crippen LogP contribution in [0.15, 0.2) is 108 Å². The summed E-state index contributed by atoms with van der Waals surface area (Å²) in [4.78, 5) is 21.3. The molecule has 57 heavy (non-hydrogen) atoms. The van der Waals surface area contributed by atoms with Crippen molar-refractivity contribution in [2.45, 2.75) is 0 Å². The lowest BCUT2D eigenvalue weighted by Gasteiger charge is -2.09. The van der Waals surface area contributed by atoms with Gasteiger partial charge in [-0.1, -0.05) is 18.2 Å². The number of rotatable bonds is 5. The van der Waals surface area contributed by atoms with Crippen LogP contribution in [0.2, 0.25) is 0 Å². The standard InChI is InChI=1S/C45H29N5O6S/c51-27-16-24(17-28(52)20-27)42-33-9-8-31(47-33)41(23-4-6-26(7-5-23)46-22-57)32-12-14-37(49-32)44(45-39(55)2-1-3-40(45)56)38-15-13-36(50-38)43(35-11-10-34(42)48-35)25-18-29(53)21-30(54)19-25/h1-21,47,50-56H. The predicted molar refractivity (Wildman–Crippen MR) is 225 cm³/mol. The molecular formula is C45H29N5O6S. The maximum Gasteiger partial charge on any atom is 0.127 e. The lowest BCUT2D eigenvalue weighted by atomic mass is 10.0. The molecule has 5 heterocycles. The van der Waals surface area contributed by atoms with Crippen LogP contribution in [0.3, 0.4) is 0 Å². The number of nitrogens with zero attached hydrogens (tertiary/aromatic N) is 3. The highest BCUT2D eigenvalue weighted by atomic mass is 32.1. The number of hydrogen-bond donors (Lipinski definition) is 8. The Morgan fingerprint density at radius 3 is 1.25 bits per heavy atom. The minimum atomic E-state index is -0.169. The van der Waals surface area contributed by atoms with Crippen molar-refractivity contribution in [3.05, 3.63) is 126 Å². The minimum Gasteiger partial charge on any atom is -0.508 e. The van der Waals surface area contributed by atoms with Crippen molar-refractivity contribution in [2.75, 3.05) is 0 Å². The molecule has 276 valence electrons. The van der Waals surface area contributed by atoms with E-state index in [2.05, 4.69) is 20.1 Å². The zero-order chi connectivity index (χ0) is 39.4. The van der Waals surface area contributed by atoms with Crippen LogP contribution in [0.25, 0.3) is 90.9 Å². The van der Waals surface area contributed by atoms with Gasteiger partial charge in [0.05, 0.1) is 39.2 Å². The number of aromatic nitrogens is 4. The maximum atomic E-state index is 11.2. The lowest BCUT2D eigenvalue weighted by Crippen LogP contribution is -1.90. The Bertz CT molecular complexity index is 3040. The average Bonchev–Trinajstić information content (AvgIpc) is 4.00. The third-order valence-electron chi connectivity index (χ3n) is 9.74. The van der Waals surface area contributed by atoms with Gasteiger partial charge in [-0.05, 0) is 126 Å². The van der Waals surface area contributed by atoms with Gasteiger partial charge in [0.1, 0.15) is 34.5 Å². The Hall–Kier alpha value is -7.92. The molecule has 3 aromatic heterocycles. The molecule has 9 rings (SSSR count). The third-order valence-corrected chi connectivity index (χ3v) is 9.83. The van der Waals surface area contributed by atoms with Crippen molar-refractivity contribution < 1.29 is 30.6 Å². The lowest BCUT2D eigenvalue weighted by molar-refractivity contribution is 0.450. The van der Waals surface area contributed by atoms with Gasteiger partial charge >= 0.3 is 0 Å². The van der Waals surface area contributed by atoms with Gasteiger partial charge in [0.15, 0.2) is 0 Å². The van der Waals surface area contributed by atoms with Crippen LogP contribution < -0.4 is 0 Å². The van der Waals surface area contributed by atoms with E-state index in [0.717, 1.165) is 5.56 Å². The van der Waals surface area contributed by atoms with E-state index in [1.54, 1.807) is 36.4 Å². The summed E-state index contributed by atoms with van der Waals surface area (Å²) in [5.74, 6) is -0.966. The number of fused-ring (bicyclic) bond motifs is 8. The van der Waals surface area contributed by atoms with E-state index in [9.17, 15) is 30.6 Å². The van der Waals surface area contributed by atoms with E-state index in [-0.39, 0.29) is 40.1 Å². The number of nitrogens with one attached hydrogen (secondary N) is 2. The minimum absolute atomic E-state index is 0.146. The molecule has 0 aliphatic carbocycles. The Balaban J connectivity index is 1.49. The molecule has 2 aliphatic heterocycles. The van der Waals surface area contributed by atoms with Crippen molar-refractivity contribution in [3.63, 3.8) is 0 Å². The van der Waals surface area contributed by atoms with Crippen LogP contribution in [-0.2, 0) is 0 Å². The van der Waals surface area contributed by atoms with E-state index in [1.165, 1.54) is 48.5 Å². The zero-order valence-corrected chi connectivity index (χ0v) is 30.4. The van der Waals surface area contributed by atoms with Crippen LogP contribution >= 0.6 is 12.2 Å². The summed E-state index contributed by atoms with van der Waals surface area (Å²) < 4.78 is 0. The zero-order valence-electron chi connectivity index (χ0n) is 29.6. The van der Waals surface area contributed by atoms with Gasteiger partial charge in [-0.2, -0.15) is 4.99 Å². The second-order valence-electron chi connectivity index (χ2n) is 13.4. The molecule has 0 amide bonds. The van der Waals surface area contributed by atoms with Crippen LogP contribution in [0.1, 0.15) is 22.8 Å². The highest BCUT2D eigenvalue weighted by Crippen LogP contribution is 2.44. The molecule has 8 bridgehead atoms. The quantitative estimate of drug-likeness (QED) is 0.0622. The molecule has 7 aromatic rings. The molecule has 0 atom stereocenters. The molecule has 4 aromatic carbocycles. The van der Waals surface area contributed by atoms with Crippen LogP contribution in [0.4, 0.5) is 5.69 Å². The molecule has 12 heteroatoms. The van der Waals surface area contributed by atoms with E-state index in [4.69, 9.17) is 22.2 Å². The largest absolute Gasteiger partial charge is 0.508 e. The Morgan fingerprint density at radius 1 is 0.439 bits per heavy atom. The molecule has 0 saturated heterocycles. The van der Waals surface area contributed by atoms with Gasteiger partial charge in [-0.25, -0.2) is 9.97 Å². The Kier molecular flexibility index (Phi) is 8.39. The highest BCUT2D eigenvalue weighted by Gasteiger charge is 2.22. The molecule has 0 fully saturated rings. The fraction of sp³-hybridized carbons (Fsp3) is 0. The molecule has 0 unspecified atom stereocenters. The fourth-order valence-corrected chi connectivity index (χ4v) is 7.50. The third kappa shape index (κ3) is 6.32. The van der Waals surface area contributed by atoms with Crippen LogP contribution in [0, 0.1) is 0 Å². The first-order chi connectivity index (χ1) is 27.6. The van der Waals surface area contributed by atoms with E-state index >= 15 is 0 Å². The van der Waals surface area contributed by atoms with Gasteiger partial charge in [-0.15, -0.1) is 0 Å². The first-order valence-corrected chi connectivity index (χ1v) is 18.0. The molecular weight excluding hydrogens is 739 g/mol. The molecule has 8 N–H and O–H groups in total.